The summed E-state index contributed by atoms with van der Waals surface area (Å²) in [6, 6.07) is 20.8. The third kappa shape index (κ3) is 6.94. The van der Waals surface area contributed by atoms with Crippen LogP contribution in [0.4, 0.5) is 4.39 Å². The van der Waals surface area contributed by atoms with Crippen LogP contribution in [0.1, 0.15) is 81.4 Å². The second-order valence-corrected chi connectivity index (χ2v) is 9.06. The highest BCUT2D eigenvalue weighted by atomic mass is 19.1. The van der Waals surface area contributed by atoms with Gasteiger partial charge in [0.25, 0.3) is 0 Å². The summed E-state index contributed by atoms with van der Waals surface area (Å²) in [7, 11) is 0. The Balaban J connectivity index is 1.52. The topological polar surface area (TPSA) is 3.24 Å². The molecule has 0 saturated heterocycles. The summed E-state index contributed by atoms with van der Waals surface area (Å²) in [5.41, 5.74) is 4.29. The average Bonchev–Trinajstić information content (AvgIpc) is 2.79. The summed E-state index contributed by atoms with van der Waals surface area (Å²) < 4.78 is 13.4. The van der Waals surface area contributed by atoms with Crippen LogP contribution >= 0.6 is 0 Å². The molecule has 1 fully saturated rings. The highest BCUT2D eigenvalue weighted by Crippen LogP contribution is 2.34. The lowest BCUT2D eigenvalue weighted by Crippen LogP contribution is -2.37. The molecule has 2 aromatic carbocycles. The predicted octanol–water partition coefficient (Wildman–Crippen LogP) is 7.35. The molecule has 1 nitrogen and oxygen atoms in total. The van der Waals surface area contributed by atoms with Crippen LogP contribution < -0.4 is 0 Å². The lowest BCUT2D eigenvalue weighted by molar-refractivity contribution is 0.183. The fourth-order valence-corrected chi connectivity index (χ4v) is 5.00. The van der Waals surface area contributed by atoms with Gasteiger partial charge in [0.15, 0.2) is 0 Å². The molecule has 0 aliphatic heterocycles. The van der Waals surface area contributed by atoms with E-state index in [4.69, 9.17) is 0 Å². The van der Waals surface area contributed by atoms with Crippen molar-refractivity contribution >= 4 is 0 Å². The second kappa shape index (κ2) is 12.2. The van der Waals surface area contributed by atoms with Crippen molar-refractivity contribution in [3.8, 4) is 0 Å². The summed E-state index contributed by atoms with van der Waals surface area (Å²) in [5, 5.41) is 0. The fraction of sp³-hybridized carbons (Fsp3) is 0.571. The first-order valence-corrected chi connectivity index (χ1v) is 12.2. The molecule has 2 aromatic rings. The van der Waals surface area contributed by atoms with E-state index < -0.39 is 6.17 Å². The third-order valence-corrected chi connectivity index (χ3v) is 6.90. The first-order valence-electron chi connectivity index (χ1n) is 12.2. The van der Waals surface area contributed by atoms with Crippen LogP contribution in [-0.2, 0) is 12.8 Å². The Hall–Kier alpha value is -1.67. The molecule has 30 heavy (non-hydrogen) atoms. The number of rotatable bonds is 11. The Morgan fingerprint density at radius 3 is 2.13 bits per heavy atom. The number of benzene rings is 2. The molecule has 164 valence electrons. The summed E-state index contributed by atoms with van der Waals surface area (Å²) in [5.74, 6) is 0.562. The number of nitrogens with zero attached hydrogens (tertiary/aromatic N) is 1. The maximum Gasteiger partial charge on any atom is 0.100 e. The predicted molar refractivity (Wildman–Crippen MR) is 127 cm³/mol. The number of alkyl halides is 1. The maximum absolute atomic E-state index is 13.4. The van der Waals surface area contributed by atoms with Gasteiger partial charge in [0.2, 0.25) is 0 Å². The molecule has 0 heterocycles. The highest BCUT2D eigenvalue weighted by molar-refractivity contribution is 5.26. The minimum Gasteiger partial charge on any atom is -0.300 e. The largest absolute Gasteiger partial charge is 0.300 e. The van der Waals surface area contributed by atoms with E-state index >= 15 is 0 Å². The lowest BCUT2D eigenvalue weighted by Gasteiger charge is -2.31. The quantitative estimate of drug-likeness (QED) is 0.375. The molecular formula is C28H40FN. The van der Waals surface area contributed by atoms with Gasteiger partial charge in [-0.05, 0) is 86.9 Å². The molecule has 0 aromatic heterocycles. The summed E-state index contributed by atoms with van der Waals surface area (Å²) in [4.78, 5) is 2.71. The van der Waals surface area contributed by atoms with Crippen LogP contribution in [0.2, 0.25) is 0 Å². The summed E-state index contributed by atoms with van der Waals surface area (Å²) >= 11 is 0. The van der Waals surface area contributed by atoms with E-state index in [1.807, 2.05) is 0 Å². The van der Waals surface area contributed by atoms with Gasteiger partial charge in [-0.2, -0.15) is 0 Å². The Bertz CT molecular complexity index is 703. The van der Waals surface area contributed by atoms with E-state index in [0.717, 1.165) is 45.1 Å². The van der Waals surface area contributed by atoms with Crippen LogP contribution in [0.5, 0.6) is 0 Å². The monoisotopic (exact) mass is 409 g/mol. The molecule has 0 N–H and O–H groups in total. The minimum atomic E-state index is -0.570. The Morgan fingerprint density at radius 2 is 1.50 bits per heavy atom. The average molecular weight is 410 g/mol. The number of halogens is 1. The van der Waals surface area contributed by atoms with Crippen molar-refractivity contribution in [1.29, 1.82) is 0 Å². The highest BCUT2D eigenvalue weighted by Gasteiger charge is 2.22. The van der Waals surface area contributed by atoms with E-state index in [1.165, 1.54) is 42.5 Å². The summed E-state index contributed by atoms with van der Waals surface area (Å²) in [6.45, 7) is 6.95. The Kier molecular flexibility index (Phi) is 9.39. The van der Waals surface area contributed by atoms with E-state index in [1.54, 1.807) is 0 Å². The lowest BCUT2D eigenvalue weighted by atomic mass is 9.83. The molecule has 1 unspecified atom stereocenters. The van der Waals surface area contributed by atoms with Crippen molar-refractivity contribution in [3.05, 3.63) is 71.3 Å². The van der Waals surface area contributed by atoms with Gasteiger partial charge < -0.3 is 4.90 Å². The maximum atomic E-state index is 13.4. The van der Waals surface area contributed by atoms with E-state index in [2.05, 4.69) is 73.3 Å². The molecule has 0 amide bonds. The second-order valence-electron chi connectivity index (χ2n) is 9.06. The van der Waals surface area contributed by atoms with Crippen molar-refractivity contribution in [2.24, 2.45) is 0 Å². The van der Waals surface area contributed by atoms with Crippen molar-refractivity contribution in [2.75, 3.05) is 13.1 Å². The van der Waals surface area contributed by atoms with Crippen LogP contribution in [0.25, 0.3) is 0 Å². The van der Waals surface area contributed by atoms with Crippen molar-refractivity contribution < 1.29 is 4.39 Å². The zero-order chi connectivity index (χ0) is 21.2. The molecule has 3 rings (SSSR count). The molecule has 0 radical (unpaired) electrons. The van der Waals surface area contributed by atoms with Crippen molar-refractivity contribution in [3.63, 3.8) is 0 Å². The van der Waals surface area contributed by atoms with Gasteiger partial charge in [0, 0.05) is 12.6 Å². The van der Waals surface area contributed by atoms with Crippen LogP contribution in [0.15, 0.2) is 54.6 Å². The number of hydrogen-bond donors (Lipinski definition) is 0. The Morgan fingerprint density at radius 1 is 0.833 bits per heavy atom. The SMILES string of the molecule is CCCN(CCc1ccccc1)C(CC)CCc1ccc(C2CCC(F)CC2)cc1. The van der Waals surface area contributed by atoms with E-state index in [9.17, 15) is 4.39 Å². The van der Waals surface area contributed by atoms with E-state index in [-0.39, 0.29) is 0 Å². The Labute approximate surface area is 183 Å². The third-order valence-electron chi connectivity index (χ3n) is 6.90. The molecule has 2 heteroatoms. The fourth-order valence-electron chi connectivity index (χ4n) is 5.00. The van der Waals surface area contributed by atoms with Gasteiger partial charge in [0.05, 0.1) is 0 Å². The molecule has 1 saturated carbocycles. The zero-order valence-electron chi connectivity index (χ0n) is 19.0. The van der Waals surface area contributed by atoms with Crippen molar-refractivity contribution in [1.82, 2.24) is 4.90 Å². The van der Waals surface area contributed by atoms with Gasteiger partial charge in [-0.15, -0.1) is 0 Å². The molecule has 1 aliphatic carbocycles. The van der Waals surface area contributed by atoms with Gasteiger partial charge in [-0.1, -0.05) is 68.4 Å². The molecular weight excluding hydrogens is 369 g/mol. The summed E-state index contributed by atoms with van der Waals surface area (Å²) in [6.07, 6.45) is 8.82. The normalized spacial score (nSPS) is 20.4. The van der Waals surface area contributed by atoms with Gasteiger partial charge in [-0.3, -0.25) is 0 Å². The first kappa shape index (κ1) is 23.0. The smallest absolute Gasteiger partial charge is 0.100 e. The van der Waals surface area contributed by atoms with Gasteiger partial charge >= 0.3 is 0 Å². The van der Waals surface area contributed by atoms with E-state index in [0.29, 0.717) is 12.0 Å². The van der Waals surface area contributed by atoms with Gasteiger partial charge in [-0.25, -0.2) is 4.39 Å². The van der Waals surface area contributed by atoms with Crippen LogP contribution in [0.3, 0.4) is 0 Å². The molecule has 1 atom stereocenters. The van der Waals surface area contributed by atoms with Crippen molar-refractivity contribution in [2.45, 2.75) is 89.8 Å². The molecule has 0 bridgehead atoms. The van der Waals surface area contributed by atoms with Crippen LogP contribution in [0, 0.1) is 0 Å². The number of aryl methyl sites for hydroxylation is 1. The zero-order valence-corrected chi connectivity index (χ0v) is 19.0. The van der Waals surface area contributed by atoms with Gasteiger partial charge in [0.1, 0.15) is 6.17 Å². The first-order chi connectivity index (χ1) is 14.7. The standard InChI is InChI=1S/C28H40FN/c1-3-21-30(22-20-23-8-6-5-7-9-23)28(4-2)19-12-24-10-13-25(14-11-24)26-15-17-27(29)18-16-26/h5-11,13-14,26-28H,3-4,12,15-22H2,1-2H3. The molecule has 0 spiro atoms. The van der Waals surface area contributed by atoms with Crippen LogP contribution in [-0.4, -0.2) is 30.2 Å². The molecule has 1 aliphatic rings. The minimum absolute atomic E-state index is 0.562. The number of hydrogen-bond acceptors (Lipinski definition) is 1.